The Hall–Kier alpha value is -3.07. The van der Waals surface area contributed by atoms with Crippen molar-refractivity contribution in [3.8, 4) is 11.9 Å². The van der Waals surface area contributed by atoms with Crippen LogP contribution in [-0.4, -0.2) is 10.1 Å². The van der Waals surface area contributed by atoms with E-state index in [1.165, 1.54) is 0 Å². The Balaban J connectivity index is 2.82. The van der Waals surface area contributed by atoms with Gasteiger partial charge in [-0.2, -0.15) is 5.26 Å². The molecule has 0 unspecified atom stereocenters. The molecular formula is C13H7N3O3. The standard InChI is InChI=1S/C13H7N3O3/c14-5-7-9-6-3-1-2-4-8(6)19-11(15)10(9)13(18)16-12(7)17/h1-4,15H,(H2,16,17,18). The van der Waals surface area contributed by atoms with E-state index >= 15 is 0 Å². The molecule has 0 saturated heterocycles. The third-order valence-electron chi connectivity index (χ3n) is 2.90. The van der Waals surface area contributed by atoms with Crippen molar-refractivity contribution in [1.29, 1.82) is 10.7 Å². The zero-order valence-electron chi connectivity index (χ0n) is 9.52. The van der Waals surface area contributed by atoms with Crippen molar-refractivity contribution in [1.82, 2.24) is 4.98 Å². The average Bonchev–Trinajstić information content (AvgIpc) is 2.38. The first kappa shape index (κ1) is 11.0. The van der Waals surface area contributed by atoms with E-state index in [0.717, 1.165) is 0 Å². The Morgan fingerprint density at radius 3 is 2.79 bits per heavy atom. The first-order valence-corrected chi connectivity index (χ1v) is 5.39. The predicted molar refractivity (Wildman–Crippen MR) is 66.6 cm³/mol. The van der Waals surface area contributed by atoms with Gasteiger partial charge in [0.15, 0.2) is 0 Å². The van der Waals surface area contributed by atoms with Crippen LogP contribution in [0.3, 0.4) is 0 Å². The van der Waals surface area contributed by atoms with Gasteiger partial charge >= 0.3 is 0 Å². The summed E-state index contributed by atoms with van der Waals surface area (Å²) in [6.45, 7) is 0. The first-order chi connectivity index (χ1) is 9.13. The molecule has 2 aromatic heterocycles. The van der Waals surface area contributed by atoms with E-state index in [0.29, 0.717) is 11.0 Å². The van der Waals surface area contributed by atoms with Crippen LogP contribution in [0.25, 0.3) is 21.7 Å². The summed E-state index contributed by atoms with van der Waals surface area (Å²) in [5.41, 5.74) is -0.767. The lowest BCUT2D eigenvalue weighted by Crippen LogP contribution is -2.14. The van der Waals surface area contributed by atoms with E-state index in [1.807, 2.05) is 0 Å². The smallest absolute Gasteiger partial charge is 0.269 e. The molecule has 19 heavy (non-hydrogen) atoms. The number of rotatable bonds is 0. The number of hydrogen-bond donors (Lipinski definition) is 3. The van der Waals surface area contributed by atoms with Gasteiger partial charge in [0, 0.05) is 10.8 Å². The van der Waals surface area contributed by atoms with Crippen LogP contribution in [0.1, 0.15) is 5.56 Å². The Kier molecular flexibility index (Phi) is 2.16. The maximum absolute atomic E-state index is 11.7. The Morgan fingerprint density at radius 2 is 2.05 bits per heavy atom. The minimum absolute atomic E-state index is 0.0230. The van der Waals surface area contributed by atoms with Gasteiger partial charge in [0.05, 0.1) is 0 Å². The predicted octanol–water partition coefficient (Wildman–Crippen LogP) is 1.33. The quantitative estimate of drug-likeness (QED) is 0.524. The zero-order chi connectivity index (χ0) is 13.6. The molecule has 2 heterocycles. The van der Waals surface area contributed by atoms with Crippen LogP contribution in [0.15, 0.2) is 33.5 Å². The lowest BCUT2D eigenvalue weighted by atomic mass is 10.0. The van der Waals surface area contributed by atoms with Crippen molar-refractivity contribution < 1.29 is 9.52 Å². The summed E-state index contributed by atoms with van der Waals surface area (Å²) in [6, 6.07) is 8.54. The lowest BCUT2D eigenvalue weighted by Gasteiger charge is -2.05. The lowest BCUT2D eigenvalue weighted by molar-refractivity contribution is 0.453. The van der Waals surface area contributed by atoms with Crippen molar-refractivity contribution in [2.24, 2.45) is 0 Å². The van der Waals surface area contributed by atoms with Crippen LogP contribution in [0.4, 0.5) is 0 Å². The molecule has 0 aliphatic rings. The van der Waals surface area contributed by atoms with Gasteiger partial charge in [-0.3, -0.25) is 15.2 Å². The average molecular weight is 253 g/mol. The second kappa shape index (κ2) is 3.71. The normalized spacial score (nSPS) is 10.7. The third kappa shape index (κ3) is 1.42. The SMILES string of the molecule is N#Cc1c(=O)[nH]c(O)c2c(=N)oc3ccccc3c12. The molecule has 6 nitrogen and oxygen atoms in total. The molecule has 0 amide bonds. The van der Waals surface area contributed by atoms with Crippen molar-refractivity contribution in [3.05, 3.63) is 45.7 Å². The molecule has 3 aromatic rings. The topological polar surface area (TPSA) is 114 Å². The highest BCUT2D eigenvalue weighted by Gasteiger charge is 2.16. The molecule has 0 aliphatic carbocycles. The number of nitrogens with zero attached hydrogens (tertiary/aromatic N) is 1. The van der Waals surface area contributed by atoms with Gasteiger partial charge in [-0.1, -0.05) is 18.2 Å². The fourth-order valence-electron chi connectivity index (χ4n) is 2.11. The van der Waals surface area contributed by atoms with Crippen LogP contribution in [-0.2, 0) is 0 Å². The minimum atomic E-state index is -0.691. The monoisotopic (exact) mass is 253 g/mol. The number of benzene rings is 1. The Labute approximate surface area is 105 Å². The Bertz CT molecular complexity index is 976. The van der Waals surface area contributed by atoms with Crippen molar-refractivity contribution >= 4 is 21.7 Å². The molecular weight excluding hydrogens is 246 g/mol. The molecule has 0 spiro atoms. The number of para-hydroxylation sites is 1. The van der Waals surface area contributed by atoms with Crippen LogP contribution >= 0.6 is 0 Å². The highest BCUT2D eigenvalue weighted by molar-refractivity contribution is 6.08. The van der Waals surface area contributed by atoms with Gasteiger partial charge in [-0.25, -0.2) is 0 Å². The zero-order valence-corrected chi connectivity index (χ0v) is 9.52. The number of aromatic nitrogens is 1. The molecule has 1 aromatic carbocycles. The van der Waals surface area contributed by atoms with Crippen LogP contribution in [0.2, 0.25) is 0 Å². The summed E-state index contributed by atoms with van der Waals surface area (Å²) in [6.07, 6.45) is 0. The van der Waals surface area contributed by atoms with Crippen molar-refractivity contribution in [2.75, 3.05) is 0 Å². The van der Waals surface area contributed by atoms with Gasteiger partial charge in [0.25, 0.3) is 5.56 Å². The maximum Gasteiger partial charge on any atom is 0.269 e. The van der Waals surface area contributed by atoms with E-state index in [4.69, 9.17) is 15.1 Å². The van der Waals surface area contributed by atoms with Crippen LogP contribution in [0.5, 0.6) is 5.88 Å². The number of aromatic hydroxyl groups is 1. The van der Waals surface area contributed by atoms with Gasteiger partial charge in [-0.15, -0.1) is 0 Å². The molecule has 3 rings (SSSR count). The molecule has 0 fully saturated rings. The number of fused-ring (bicyclic) bond motifs is 3. The van der Waals surface area contributed by atoms with Gasteiger partial charge in [0.2, 0.25) is 11.4 Å². The Morgan fingerprint density at radius 1 is 1.32 bits per heavy atom. The molecule has 0 bridgehead atoms. The third-order valence-corrected chi connectivity index (χ3v) is 2.90. The number of nitrogens with one attached hydrogen (secondary N) is 2. The number of nitriles is 1. The molecule has 6 heteroatoms. The van der Waals surface area contributed by atoms with Crippen molar-refractivity contribution in [2.45, 2.75) is 0 Å². The largest absolute Gasteiger partial charge is 0.494 e. The molecule has 92 valence electrons. The maximum atomic E-state index is 11.7. The molecule has 0 saturated carbocycles. The molecule has 0 atom stereocenters. The highest BCUT2D eigenvalue weighted by Crippen LogP contribution is 2.27. The summed E-state index contributed by atoms with van der Waals surface area (Å²) < 4.78 is 5.27. The van der Waals surface area contributed by atoms with Gasteiger partial charge in [-0.05, 0) is 6.07 Å². The summed E-state index contributed by atoms with van der Waals surface area (Å²) in [4.78, 5) is 13.8. The number of H-pyrrole nitrogens is 1. The molecule has 0 aliphatic heterocycles. The number of hydrogen-bond acceptors (Lipinski definition) is 5. The van der Waals surface area contributed by atoms with Crippen LogP contribution in [0, 0.1) is 16.7 Å². The van der Waals surface area contributed by atoms with Gasteiger partial charge in [0.1, 0.15) is 22.6 Å². The fourth-order valence-corrected chi connectivity index (χ4v) is 2.11. The van der Waals surface area contributed by atoms with Crippen LogP contribution < -0.4 is 11.1 Å². The van der Waals surface area contributed by atoms with Gasteiger partial charge < -0.3 is 9.52 Å². The van der Waals surface area contributed by atoms with E-state index in [9.17, 15) is 9.90 Å². The second-order valence-electron chi connectivity index (χ2n) is 3.97. The molecule has 0 radical (unpaired) electrons. The summed E-state index contributed by atoms with van der Waals surface area (Å²) >= 11 is 0. The number of pyridine rings is 1. The molecule has 3 N–H and O–H groups in total. The van der Waals surface area contributed by atoms with Crippen molar-refractivity contribution in [3.63, 3.8) is 0 Å². The fraction of sp³-hybridized carbons (Fsp3) is 0. The highest BCUT2D eigenvalue weighted by atomic mass is 16.3. The summed E-state index contributed by atoms with van der Waals surface area (Å²) in [7, 11) is 0. The van der Waals surface area contributed by atoms with E-state index in [2.05, 4.69) is 4.98 Å². The first-order valence-electron chi connectivity index (χ1n) is 5.39. The second-order valence-corrected chi connectivity index (χ2v) is 3.97. The van der Waals surface area contributed by atoms with E-state index in [1.54, 1.807) is 30.3 Å². The number of aromatic amines is 1. The summed E-state index contributed by atoms with van der Waals surface area (Å²) in [5.74, 6) is -0.474. The minimum Gasteiger partial charge on any atom is -0.494 e. The summed E-state index contributed by atoms with van der Waals surface area (Å²) in [5, 5.41) is 27.4. The van der Waals surface area contributed by atoms with E-state index in [-0.39, 0.29) is 21.9 Å². The van der Waals surface area contributed by atoms with E-state index < -0.39 is 11.4 Å².